The SMILES string of the molecule is C=C(C=CC=C(C)C)CNC. The molecule has 0 aliphatic rings. The molecule has 0 saturated carbocycles. The summed E-state index contributed by atoms with van der Waals surface area (Å²) in [6.45, 7) is 8.87. The predicted molar refractivity (Wildman–Crippen MR) is 51.6 cm³/mol. The lowest BCUT2D eigenvalue weighted by atomic mass is 10.2. The molecule has 1 heteroatoms. The Morgan fingerprint density at radius 1 is 1.45 bits per heavy atom. The van der Waals surface area contributed by atoms with Crippen molar-refractivity contribution < 1.29 is 0 Å². The standard InChI is InChI=1S/C10H17N/c1-9(2)6-5-7-10(3)8-11-4/h5-7,11H,3,8H2,1-2,4H3. The van der Waals surface area contributed by atoms with Crippen LogP contribution in [0, 0.1) is 0 Å². The Balaban J connectivity index is 3.74. The summed E-state index contributed by atoms with van der Waals surface area (Å²) in [5.41, 5.74) is 2.41. The molecule has 0 spiro atoms. The lowest BCUT2D eigenvalue weighted by molar-refractivity contribution is 0.898. The Kier molecular flexibility index (Phi) is 5.49. The van der Waals surface area contributed by atoms with Gasteiger partial charge in [0.05, 0.1) is 0 Å². The van der Waals surface area contributed by atoms with E-state index in [1.807, 2.05) is 19.2 Å². The van der Waals surface area contributed by atoms with Gasteiger partial charge in [0, 0.05) is 6.54 Å². The highest BCUT2D eigenvalue weighted by atomic mass is 14.8. The van der Waals surface area contributed by atoms with Gasteiger partial charge in [0.25, 0.3) is 0 Å². The molecule has 0 amide bonds. The van der Waals surface area contributed by atoms with Crippen LogP contribution in [0.15, 0.2) is 36.0 Å². The fourth-order valence-corrected chi connectivity index (χ4v) is 0.663. The Labute approximate surface area is 69.5 Å². The van der Waals surface area contributed by atoms with Gasteiger partial charge in [-0.1, -0.05) is 30.4 Å². The summed E-state index contributed by atoms with van der Waals surface area (Å²) in [6, 6.07) is 0. The van der Waals surface area contributed by atoms with Crippen LogP contribution in [0.2, 0.25) is 0 Å². The third kappa shape index (κ3) is 7.07. The van der Waals surface area contributed by atoms with Gasteiger partial charge < -0.3 is 5.32 Å². The predicted octanol–water partition coefficient (Wildman–Crippen LogP) is 2.28. The van der Waals surface area contributed by atoms with E-state index in [1.54, 1.807) is 0 Å². The summed E-state index contributed by atoms with van der Waals surface area (Å²) in [6.07, 6.45) is 6.11. The summed E-state index contributed by atoms with van der Waals surface area (Å²) in [7, 11) is 1.92. The number of hydrogen-bond acceptors (Lipinski definition) is 1. The van der Waals surface area contributed by atoms with Crippen LogP contribution in [0.1, 0.15) is 13.8 Å². The number of nitrogens with one attached hydrogen (secondary N) is 1. The van der Waals surface area contributed by atoms with Gasteiger partial charge in [0.15, 0.2) is 0 Å². The third-order valence-electron chi connectivity index (χ3n) is 1.17. The summed E-state index contributed by atoms with van der Waals surface area (Å²) in [5.74, 6) is 0. The van der Waals surface area contributed by atoms with Crippen molar-refractivity contribution in [1.29, 1.82) is 0 Å². The van der Waals surface area contributed by atoms with Crippen LogP contribution in [-0.2, 0) is 0 Å². The van der Waals surface area contributed by atoms with Crippen LogP contribution in [0.3, 0.4) is 0 Å². The van der Waals surface area contributed by atoms with Crippen molar-refractivity contribution in [3.05, 3.63) is 36.0 Å². The van der Waals surface area contributed by atoms with Gasteiger partial charge in [-0.15, -0.1) is 0 Å². The van der Waals surface area contributed by atoms with Crippen molar-refractivity contribution in [2.45, 2.75) is 13.8 Å². The Morgan fingerprint density at radius 2 is 2.09 bits per heavy atom. The molecule has 0 aliphatic carbocycles. The molecule has 0 rings (SSSR count). The normalized spacial score (nSPS) is 10.1. The van der Waals surface area contributed by atoms with Crippen LogP contribution < -0.4 is 5.32 Å². The van der Waals surface area contributed by atoms with E-state index in [-0.39, 0.29) is 0 Å². The van der Waals surface area contributed by atoms with E-state index in [4.69, 9.17) is 0 Å². The van der Waals surface area contributed by atoms with Crippen molar-refractivity contribution in [3.63, 3.8) is 0 Å². The molecule has 0 aromatic heterocycles. The number of hydrogen-bond donors (Lipinski definition) is 1. The van der Waals surface area contributed by atoms with Crippen molar-refractivity contribution in [2.75, 3.05) is 13.6 Å². The monoisotopic (exact) mass is 151 g/mol. The molecule has 11 heavy (non-hydrogen) atoms. The second kappa shape index (κ2) is 5.93. The third-order valence-corrected chi connectivity index (χ3v) is 1.17. The smallest absolute Gasteiger partial charge is 0.0196 e. The second-order valence-electron chi connectivity index (χ2n) is 2.79. The molecular weight excluding hydrogens is 134 g/mol. The van der Waals surface area contributed by atoms with E-state index in [1.165, 1.54) is 5.57 Å². The fourth-order valence-electron chi connectivity index (χ4n) is 0.663. The summed E-state index contributed by atoms with van der Waals surface area (Å²) in [4.78, 5) is 0. The zero-order valence-electron chi connectivity index (χ0n) is 7.65. The molecule has 0 aliphatic heterocycles. The minimum Gasteiger partial charge on any atom is -0.316 e. The van der Waals surface area contributed by atoms with E-state index in [9.17, 15) is 0 Å². The number of rotatable bonds is 4. The molecule has 0 aromatic carbocycles. The van der Waals surface area contributed by atoms with Crippen LogP contribution in [0.25, 0.3) is 0 Å². The first-order chi connectivity index (χ1) is 5.16. The topological polar surface area (TPSA) is 12.0 Å². The average Bonchev–Trinajstić information content (AvgIpc) is 1.87. The van der Waals surface area contributed by atoms with Crippen molar-refractivity contribution in [1.82, 2.24) is 5.32 Å². The molecule has 0 atom stereocenters. The Bertz CT molecular complexity index is 171. The van der Waals surface area contributed by atoms with E-state index in [2.05, 4.69) is 31.8 Å². The van der Waals surface area contributed by atoms with Gasteiger partial charge in [0.2, 0.25) is 0 Å². The molecule has 0 aromatic rings. The number of likely N-dealkylation sites (N-methyl/N-ethyl adjacent to an activating group) is 1. The fraction of sp³-hybridized carbons (Fsp3) is 0.400. The lowest BCUT2D eigenvalue weighted by Gasteiger charge is -1.95. The zero-order chi connectivity index (χ0) is 8.69. The van der Waals surface area contributed by atoms with Crippen molar-refractivity contribution in [2.24, 2.45) is 0 Å². The maximum atomic E-state index is 3.86. The summed E-state index contributed by atoms with van der Waals surface area (Å²) >= 11 is 0. The van der Waals surface area contributed by atoms with Crippen LogP contribution in [-0.4, -0.2) is 13.6 Å². The molecule has 0 saturated heterocycles. The Morgan fingerprint density at radius 3 is 2.55 bits per heavy atom. The van der Waals surface area contributed by atoms with Gasteiger partial charge in [-0.2, -0.15) is 0 Å². The van der Waals surface area contributed by atoms with Crippen molar-refractivity contribution in [3.8, 4) is 0 Å². The highest BCUT2D eigenvalue weighted by Gasteiger charge is 1.81. The molecule has 1 N–H and O–H groups in total. The average molecular weight is 151 g/mol. The van der Waals surface area contributed by atoms with Gasteiger partial charge in [-0.3, -0.25) is 0 Å². The largest absolute Gasteiger partial charge is 0.316 e. The lowest BCUT2D eigenvalue weighted by Crippen LogP contribution is -2.08. The molecule has 0 unspecified atom stereocenters. The van der Waals surface area contributed by atoms with Crippen LogP contribution >= 0.6 is 0 Å². The molecule has 0 fully saturated rings. The molecular formula is C10H17N. The first kappa shape index (κ1) is 10.2. The summed E-state index contributed by atoms with van der Waals surface area (Å²) in [5, 5.41) is 3.03. The van der Waals surface area contributed by atoms with Gasteiger partial charge in [0.1, 0.15) is 0 Å². The molecule has 62 valence electrons. The minimum absolute atomic E-state index is 0.854. The second-order valence-corrected chi connectivity index (χ2v) is 2.79. The number of allylic oxidation sites excluding steroid dienone is 3. The summed E-state index contributed by atoms with van der Waals surface area (Å²) < 4.78 is 0. The van der Waals surface area contributed by atoms with Gasteiger partial charge in [-0.05, 0) is 26.5 Å². The van der Waals surface area contributed by atoms with E-state index >= 15 is 0 Å². The molecule has 0 radical (unpaired) electrons. The maximum Gasteiger partial charge on any atom is 0.0196 e. The zero-order valence-corrected chi connectivity index (χ0v) is 7.65. The van der Waals surface area contributed by atoms with E-state index < -0.39 is 0 Å². The van der Waals surface area contributed by atoms with E-state index in [0.29, 0.717) is 0 Å². The van der Waals surface area contributed by atoms with Crippen molar-refractivity contribution >= 4 is 0 Å². The van der Waals surface area contributed by atoms with E-state index in [0.717, 1.165) is 12.1 Å². The Hall–Kier alpha value is -0.820. The molecule has 0 bridgehead atoms. The first-order valence-corrected chi connectivity index (χ1v) is 3.80. The quantitative estimate of drug-likeness (QED) is 0.608. The minimum atomic E-state index is 0.854. The molecule has 0 heterocycles. The highest BCUT2D eigenvalue weighted by molar-refractivity contribution is 5.21. The maximum absolute atomic E-state index is 3.86. The highest BCUT2D eigenvalue weighted by Crippen LogP contribution is 1.93. The van der Waals surface area contributed by atoms with Crippen LogP contribution in [0.4, 0.5) is 0 Å². The first-order valence-electron chi connectivity index (χ1n) is 3.80. The van der Waals surface area contributed by atoms with Gasteiger partial charge in [-0.25, -0.2) is 0 Å². The molecule has 1 nitrogen and oxygen atoms in total. The van der Waals surface area contributed by atoms with Crippen LogP contribution in [0.5, 0.6) is 0 Å². The van der Waals surface area contributed by atoms with Gasteiger partial charge >= 0.3 is 0 Å².